The summed E-state index contributed by atoms with van der Waals surface area (Å²) in [4.78, 5) is 43.6. The number of hydrogen-bond acceptors (Lipinski definition) is 6. The number of hydrogen-bond donors (Lipinski definition) is 3. The molecule has 0 unspecified atom stereocenters. The lowest BCUT2D eigenvalue weighted by molar-refractivity contribution is -0.141. The molecule has 3 rings (SSSR count). The molecule has 2 atom stereocenters. The Morgan fingerprint density at radius 2 is 1.57 bits per heavy atom. The highest BCUT2D eigenvalue weighted by Crippen LogP contribution is 2.21. The Kier molecular flexibility index (Phi) is 8.50. The van der Waals surface area contributed by atoms with Crippen LogP contribution in [0.15, 0.2) is 60.7 Å². The topological polar surface area (TPSA) is 139 Å². The average Bonchev–Trinajstić information content (AvgIpc) is 2.85. The third-order valence-electron chi connectivity index (χ3n) is 5.37. The number of aromatic carboxylic acids is 1. The van der Waals surface area contributed by atoms with Crippen LogP contribution in [0.4, 0.5) is 0 Å². The molecule has 1 heterocycles. The first-order chi connectivity index (χ1) is 16.8. The van der Waals surface area contributed by atoms with Gasteiger partial charge in [-0.2, -0.15) is 9.97 Å². The van der Waals surface area contributed by atoms with Crippen LogP contribution < -0.4 is 10.1 Å². The highest BCUT2D eigenvalue weighted by Gasteiger charge is 2.23. The van der Waals surface area contributed by atoms with Gasteiger partial charge < -0.3 is 20.3 Å². The van der Waals surface area contributed by atoms with Crippen molar-refractivity contribution in [2.75, 3.05) is 6.61 Å². The Morgan fingerprint density at radius 1 is 0.943 bits per heavy atom. The Bertz CT molecular complexity index is 1180. The number of carboxylic acids is 2. The minimum Gasteiger partial charge on any atom is -0.481 e. The number of carboxylic acid groups (broad SMARTS) is 2. The first kappa shape index (κ1) is 25.4. The molecule has 0 spiro atoms. The number of carbonyl (C=O) groups excluding carboxylic acids is 1. The van der Waals surface area contributed by atoms with Crippen LogP contribution in [-0.4, -0.2) is 50.7 Å². The summed E-state index contributed by atoms with van der Waals surface area (Å²) in [5.74, 6) is -3.64. The molecule has 9 nitrogen and oxygen atoms in total. The van der Waals surface area contributed by atoms with E-state index in [4.69, 9.17) is 4.74 Å². The number of aromatic nitrogens is 2. The van der Waals surface area contributed by atoms with Crippen LogP contribution >= 0.6 is 0 Å². The Hall–Kier alpha value is -4.27. The number of benzene rings is 2. The molecule has 3 aromatic rings. The van der Waals surface area contributed by atoms with E-state index in [0.717, 1.165) is 22.8 Å². The Labute approximate surface area is 202 Å². The molecule has 35 heavy (non-hydrogen) atoms. The third-order valence-corrected chi connectivity index (χ3v) is 5.37. The van der Waals surface area contributed by atoms with E-state index in [9.17, 15) is 24.6 Å². The fourth-order valence-electron chi connectivity index (χ4n) is 3.57. The standard InChI is InChI=1S/C26H27N3O6/c1-3-35-26-28-21(15-22(29-26)25(33)34)23(30)27-20(13-16(2)24(31)32)14-17-9-11-19(12-10-17)18-7-5-4-6-8-18/h4-12,15-16,20H,3,13-14H2,1-2H3,(H,27,30)(H,31,32)(H,33,34)/t16-,20+/m1/s1. The molecule has 0 saturated heterocycles. The maximum atomic E-state index is 13.0. The number of carbonyl (C=O) groups is 3. The van der Waals surface area contributed by atoms with Gasteiger partial charge in [-0.1, -0.05) is 61.5 Å². The number of ether oxygens (including phenoxy) is 1. The molecule has 182 valence electrons. The van der Waals surface area contributed by atoms with E-state index in [2.05, 4.69) is 15.3 Å². The molecule has 0 fully saturated rings. The summed E-state index contributed by atoms with van der Waals surface area (Å²) in [6.45, 7) is 3.45. The van der Waals surface area contributed by atoms with Crippen LogP contribution in [0.1, 0.15) is 46.8 Å². The minimum absolute atomic E-state index is 0.173. The monoisotopic (exact) mass is 477 g/mol. The molecule has 1 aromatic heterocycles. The molecule has 1 amide bonds. The molecule has 9 heteroatoms. The van der Waals surface area contributed by atoms with Gasteiger partial charge in [0.15, 0.2) is 5.69 Å². The van der Waals surface area contributed by atoms with Crippen molar-refractivity contribution in [1.82, 2.24) is 15.3 Å². The predicted molar refractivity (Wildman–Crippen MR) is 128 cm³/mol. The number of amides is 1. The second-order valence-corrected chi connectivity index (χ2v) is 8.07. The molecule has 0 aliphatic carbocycles. The average molecular weight is 478 g/mol. The summed E-state index contributed by atoms with van der Waals surface area (Å²) < 4.78 is 5.19. The molecule has 0 radical (unpaired) electrons. The van der Waals surface area contributed by atoms with Crippen molar-refractivity contribution < 1.29 is 29.3 Å². The summed E-state index contributed by atoms with van der Waals surface area (Å²) in [7, 11) is 0. The molecular formula is C26H27N3O6. The summed E-state index contributed by atoms with van der Waals surface area (Å²) in [6.07, 6.45) is 0.560. The van der Waals surface area contributed by atoms with Gasteiger partial charge in [-0.15, -0.1) is 0 Å². The lowest BCUT2D eigenvalue weighted by Gasteiger charge is -2.21. The largest absolute Gasteiger partial charge is 0.481 e. The zero-order chi connectivity index (χ0) is 25.4. The summed E-state index contributed by atoms with van der Waals surface area (Å²) in [5.41, 5.74) is 2.48. The fraction of sp³-hybridized carbons (Fsp3) is 0.269. The summed E-state index contributed by atoms with van der Waals surface area (Å²) in [5, 5.41) is 21.5. The van der Waals surface area contributed by atoms with Gasteiger partial charge in [0.25, 0.3) is 5.91 Å². The zero-order valence-corrected chi connectivity index (χ0v) is 19.5. The zero-order valence-electron chi connectivity index (χ0n) is 19.5. The van der Waals surface area contributed by atoms with Crippen LogP contribution in [0.5, 0.6) is 6.01 Å². The van der Waals surface area contributed by atoms with E-state index in [0.29, 0.717) is 6.42 Å². The van der Waals surface area contributed by atoms with E-state index < -0.39 is 29.8 Å². The molecular weight excluding hydrogens is 450 g/mol. The van der Waals surface area contributed by atoms with Crippen molar-refractivity contribution in [3.8, 4) is 17.1 Å². The molecule has 2 aromatic carbocycles. The van der Waals surface area contributed by atoms with Crippen molar-refractivity contribution in [2.45, 2.75) is 32.7 Å². The number of nitrogens with one attached hydrogen (secondary N) is 1. The van der Waals surface area contributed by atoms with Crippen LogP contribution in [0.25, 0.3) is 11.1 Å². The first-order valence-corrected chi connectivity index (χ1v) is 11.2. The molecule has 0 bridgehead atoms. The van der Waals surface area contributed by atoms with Gasteiger partial charge in [-0.05, 0) is 36.5 Å². The van der Waals surface area contributed by atoms with Gasteiger partial charge in [0.05, 0.1) is 12.5 Å². The van der Waals surface area contributed by atoms with Crippen molar-refractivity contribution in [1.29, 1.82) is 0 Å². The highest BCUT2D eigenvalue weighted by atomic mass is 16.5. The number of nitrogens with zero attached hydrogens (tertiary/aromatic N) is 2. The predicted octanol–water partition coefficient (Wildman–Crippen LogP) is 3.69. The smallest absolute Gasteiger partial charge is 0.354 e. The molecule has 0 aliphatic rings. The van der Waals surface area contributed by atoms with Gasteiger partial charge in [0.1, 0.15) is 5.69 Å². The fourth-order valence-corrected chi connectivity index (χ4v) is 3.57. The second kappa shape index (κ2) is 11.7. The molecule has 0 saturated carbocycles. The normalized spacial score (nSPS) is 12.4. The second-order valence-electron chi connectivity index (χ2n) is 8.07. The highest BCUT2D eigenvalue weighted by molar-refractivity contribution is 5.95. The maximum absolute atomic E-state index is 13.0. The molecule has 3 N–H and O–H groups in total. The van der Waals surface area contributed by atoms with Crippen molar-refractivity contribution in [3.05, 3.63) is 77.6 Å². The lowest BCUT2D eigenvalue weighted by atomic mass is 9.95. The van der Waals surface area contributed by atoms with Crippen LogP contribution in [0.2, 0.25) is 0 Å². The van der Waals surface area contributed by atoms with E-state index in [1.165, 1.54) is 0 Å². The number of rotatable bonds is 11. The van der Waals surface area contributed by atoms with E-state index in [1.807, 2.05) is 54.6 Å². The first-order valence-electron chi connectivity index (χ1n) is 11.2. The maximum Gasteiger partial charge on any atom is 0.354 e. The van der Waals surface area contributed by atoms with Crippen LogP contribution in [0, 0.1) is 5.92 Å². The van der Waals surface area contributed by atoms with Crippen LogP contribution in [-0.2, 0) is 11.2 Å². The van der Waals surface area contributed by atoms with Gasteiger partial charge in [-0.3, -0.25) is 9.59 Å². The van der Waals surface area contributed by atoms with Crippen molar-refractivity contribution >= 4 is 17.8 Å². The van der Waals surface area contributed by atoms with Crippen molar-refractivity contribution in [2.24, 2.45) is 5.92 Å². The Balaban J connectivity index is 1.81. The Morgan fingerprint density at radius 3 is 2.17 bits per heavy atom. The minimum atomic E-state index is -1.32. The van der Waals surface area contributed by atoms with E-state index in [-0.39, 0.29) is 30.4 Å². The van der Waals surface area contributed by atoms with Gasteiger partial charge in [0, 0.05) is 12.1 Å². The molecule has 0 aliphatic heterocycles. The SMILES string of the molecule is CCOc1nc(C(=O)O)cc(C(=O)N[C@H](Cc2ccc(-c3ccccc3)cc2)C[C@@H](C)C(=O)O)n1. The van der Waals surface area contributed by atoms with Gasteiger partial charge in [0.2, 0.25) is 0 Å². The van der Waals surface area contributed by atoms with Gasteiger partial charge in [-0.25, -0.2) is 4.79 Å². The van der Waals surface area contributed by atoms with Crippen molar-refractivity contribution in [3.63, 3.8) is 0 Å². The van der Waals surface area contributed by atoms with E-state index >= 15 is 0 Å². The van der Waals surface area contributed by atoms with Crippen LogP contribution in [0.3, 0.4) is 0 Å². The summed E-state index contributed by atoms with van der Waals surface area (Å²) >= 11 is 0. The third kappa shape index (κ3) is 7.10. The van der Waals surface area contributed by atoms with E-state index in [1.54, 1.807) is 13.8 Å². The van der Waals surface area contributed by atoms with Gasteiger partial charge >= 0.3 is 17.9 Å². The summed E-state index contributed by atoms with van der Waals surface area (Å²) in [6, 6.07) is 18.0. The number of aliphatic carboxylic acids is 1. The lowest BCUT2D eigenvalue weighted by Crippen LogP contribution is -2.39. The quantitative estimate of drug-likeness (QED) is 0.380.